The van der Waals surface area contributed by atoms with Gasteiger partial charge in [0.1, 0.15) is 0 Å². The van der Waals surface area contributed by atoms with Crippen molar-refractivity contribution in [2.45, 2.75) is 18.2 Å². The van der Waals surface area contributed by atoms with E-state index in [1.54, 1.807) is 67.6 Å². The quantitative estimate of drug-likeness (QED) is 0.644. The minimum absolute atomic E-state index is 0.156. The molecule has 0 bridgehead atoms. The van der Waals surface area contributed by atoms with Gasteiger partial charge < -0.3 is 5.32 Å². The number of nitrogens with one attached hydrogen (secondary N) is 2. The number of carbonyl (C=O) groups excluding carboxylic acids is 1. The second-order valence-corrected chi connectivity index (χ2v) is 8.12. The third kappa shape index (κ3) is 5.00. The molecule has 0 aliphatic rings. The van der Waals surface area contributed by atoms with Gasteiger partial charge >= 0.3 is 0 Å². The zero-order valence-corrected chi connectivity index (χ0v) is 16.5. The summed E-state index contributed by atoms with van der Waals surface area (Å²) in [7, 11) is -3.74. The number of nitriles is 1. The maximum Gasteiger partial charge on any atom is 0.261 e. The lowest BCUT2D eigenvalue weighted by atomic mass is 10.1. The number of anilines is 2. The Balaban J connectivity index is 1.81. The lowest BCUT2D eigenvalue weighted by molar-refractivity contribution is 0.102. The minimum Gasteiger partial charge on any atom is -0.322 e. The highest BCUT2D eigenvalue weighted by atomic mass is 32.2. The predicted octanol–water partition coefficient (Wildman–Crippen LogP) is 4.11. The van der Waals surface area contributed by atoms with Gasteiger partial charge in [-0.05, 0) is 54.4 Å². The number of hydrogen-bond acceptors (Lipinski definition) is 4. The first kappa shape index (κ1) is 20.1. The van der Waals surface area contributed by atoms with Crippen LogP contribution >= 0.6 is 0 Å². The molecule has 0 aliphatic carbocycles. The smallest absolute Gasteiger partial charge is 0.261 e. The van der Waals surface area contributed by atoms with Crippen molar-refractivity contribution in [3.8, 4) is 6.07 Å². The summed E-state index contributed by atoms with van der Waals surface area (Å²) in [5, 5.41) is 11.6. The molecule has 6 nitrogen and oxygen atoms in total. The van der Waals surface area contributed by atoms with Crippen LogP contribution in [0.3, 0.4) is 0 Å². The van der Waals surface area contributed by atoms with Crippen LogP contribution in [-0.4, -0.2) is 14.3 Å². The Morgan fingerprint density at radius 2 is 1.76 bits per heavy atom. The summed E-state index contributed by atoms with van der Waals surface area (Å²) in [5.74, 6) is -0.342. The summed E-state index contributed by atoms with van der Waals surface area (Å²) in [6, 6.07) is 21.9. The van der Waals surface area contributed by atoms with E-state index in [0.29, 0.717) is 16.9 Å². The molecule has 0 radical (unpaired) electrons. The molecule has 0 saturated carbocycles. The Hall–Kier alpha value is -3.63. The van der Waals surface area contributed by atoms with Gasteiger partial charge in [-0.15, -0.1) is 0 Å². The molecule has 3 aromatic rings. The van der Waals surface area contributed by atoms with E-state index in [4.69, 9.17) is 5.26 Å². The molecule has 0 unspecified atom stereocenters. The highest BCUT2D eigenvalue weighted by Crippen LogP contribution is 2.24. The number of aryl methyl sites for hydroxylation is 1. The second kappa shape index (κ2) is 8.59. The molecule has 0 saturated heterocycles. The fraction of sp³-hybridized carbons (Fsp3) is 0.0909. The van der Waals surface area contributed by atoms with E-state index < -0.39 is 10.0 Å². The van der Waals surface area contributed by atoms with Crippen LogP contribution in [0.5, 0.6) is 0 Å². The Kier molecular flexibility index (Phi) is 5.96. The summed E-state index contributed by atoms with van der Waals surface area (Å²) in [6.45, 7) is 1.78. The molecule has 0 aromatic heterocycles. The number of carbonyl (C=O) groups is 1. The van der Waals surface area contributed by atoms with Crippen molar-refractivity contribution in [2.75, 3.05) is 10.0 Å². The lowest BCUT2D eigenvalue weighted by Crippen LogP contribution is -2.15. The molecule has 0 heterocycles. The molecule has 3 rings (SSSR count). The van der Waals surface area contributed by atoms with E-state index in [1.807, 2.05) is 0 Å². The van der Waals surface area contributed by atoms with Gasteiger partial charge in [-0.1, -0.05) is 36.4 Å². The highest BCUT2D eigenvalue weighted by Gasteiger charge is 2.15. The van der Waals surface area contributed by atoms with E-state index in [0.717, 1.165) is 11.1 Å². The molecule has 7 heteroatoms. The van der Waals surface area contributed by atoms with E-state index >= 15 is 0 Å². The molecule has 29 heavy (non-hydrogen) atoms. The van der Waals surface area contributed by atoms with Crippen molar-refractivity contribution in [3.05, 3.63) is 89.5 Å². The first-order valence-electron chi connectivity index (χ1n) is 8.85. The van der Waals surface area contributed by atoms with Crippen LogP contribution in [0.15, 0.2) is 77.7 Å². The van der Waals surface area contributed by atoms with Crippen molar-refractivity contribution < 1.29 is 13.2 Å². The first-order valence-corrected chi connectivity index (χ1v) is 10.3. The number of benzene rings is 3. The van der Waals surface area contributed by atoms with Crippen LogP contribution in [0.25, 0.3) is 0 Å². The third-order valence-electron chi connectivity index (χ3n) is 4.27. The number of hydrogen-bond donors (Lipinski definition) is 2. The van der Waals surface area contributed by atoms with E-state index in [-0.39, 0.29) is 17.2 Å². The van der Waals surface area contributed by atoms with Crippen molar-refractivity contribution in [2.24, 2.45) is 0 Å². The van der Waals surface area contributed by atoms with Gasteiger partial charge in [-0.25, -0.2) is 8.42 Å². The first-order chi connectivity index (χ1) is 13.9. The van der Waals surface area contributed by atoms with Crippen molar-refractivity contribution in [1.29, 1.82) is 5.26 Å². The predicted molar refractivity (Wildman–Crippen MR) is 112 cm³/mol. The zero-order valence-electron chi connectivity index (χ0n) is 15.7. The lowest BCUT2D eigenvalue weighted by Gasteiger charge is -2.13. The molecular weight excluding hydrogens is 386 g/mol. The minimum atomic E-state index is -3.74. The van der Waals surface area contributed by atoms with Gasteiger partial charge in [0.05, 0.1) is 23.1 Å². The van der Waals surface area contributed by atoms with Gasteiger partial charge in [-0.2, -0.15) is 5.26 Å². The Bertz CT molecular complexity index is 1180. The fourth-order valence-electron chi connectivity index (χ4n) is 2.73. The van der Waals surface area contributed by atoms with Crippen molar-refractivity contribution in [1.82, 2.24) is 0 Å². The van der Waals surface area contributed by atoms with Crippen LogP contribution in [0, 0.1) is 18.3 Å². The molecule has 1 amide bonds. The molecule has 0 spiro atoms. The van der Waals surface area contributed by atoms with Gasteiger partial charge in [0, 0.05) is 11.3 Å². The van der Waals surface area contributed by atoms with E-state index in [9.17, 15) is 13.2 Å². The van der Waals surface area contributed by atoms with Gasteiger partial charge in [0.25, 0.3) is 15.9 Å². The molecule has 0 aliphatic heterocycles. The topological polar surface area (TPSA) is 99.1 Å². The van der Waals surface area contributed by atoms with Crippen LogP contribution in [0.1, 0.15) is 21.5 Å². The SMILES string of the molecule is Cc1ccc(NC(=O)c2cccc(CC#N)c2)cc1NS(=O)(=O)c1ccccc1. The summed E-state index contributed by atoms with van der Waals surface area (Å²) < 4.78 is 27.7. The Labute approximate surface area is 169 Å². The summed E-state index contributed by atoms with van der Waals surface area (Å²) in [4.78, 5) is 12.7. The van der Waals surface area contributed by atoms with Gasteiger partial charge in [-0.3, -0.25) is 9.52 Å². The molecular formula is C22H19N3O3S. The molecule has 0 fully saturated rings. The standard InChI is InChI=1S/C22H19N3O3S/c1-16-10-11-19(24-22(26)18-7-5-6-17(14-18)12-13-23)15-21(16)25-29(27,28)20-8-3-2-4-9-20/h2-11,14-15,25H,12H2,1H3,(H,24,26). The van der Waals surface area contributed by atoms with Crippen molar-refractivity contribution in [3.63, 3.8) is 0 Å². The van der Waals surface area contributed by atoms with Crippen LogP contribution < -0.4 is 10.0 Å². The largest absolute Gasteiger partial charge is 0.322 e. The van der Waals surface area contributed by atoms with E-state index in [1.165, 1.54) is 12.1 Å². The molecule has 3 aromatic carbocycles. The molecule has 146 valence electrons. The zero-order chi connectivity index (χ0) is 20.9. The average molecular weight is 405 g/mol. The summed E-state index contributed by atoms with van der Waals surface area (Å²) in [5.41, 5.74) is 2.73. The van der Waals surface area contributed by atoms with Crippen LogP contribution in [0.4, 0.5) is 11.4 Å². The van der Waals surface area contributed by atoms with Crippen LogP contribution in [-0.2, 0) is 16.4 Å². The monoisotopic (exact) mass is 405 g/mol. The highest BCUT2D eigenvalue weighted by molar-refractivity contribution is 7.92. The Morgan fingerprint density at radius 3 is 2.48 bits per heavy atom. The van der Waals surface area contributed by atoms with Gasteiger partial charge in [0.2, 0.25) is 0 Å². The third-order valence-corrected chi connectivity index (χ3v) is 5.65. The molecule has 0 atom stereocenters. The fourth-order valence-corrected chi connectivity index (χ4v) is 3.87. The second-order valence-electron chi connectivity index (χ2n) is 6.44. The Morgan fingerprint density at radius 1 is 1.00 bits per heavy atom. The number of rotatable bonds is 6. The summed E-state index contributed by atoms with van der Waals surface area (Å²) in [6.07, 6.45) is 0.219. The average Bonchev–Trinajstić information content (AvgIpc) is 2.71. The number of amides is 1. The maximum atomic E-state index is 12.6. The van der Waals surface area contributed by atoms with Crippen molar-refractivity contribution >= 4 is 27.3 Å². The van der Waals surface area contributed by atoms with Crippen LogP contribution in [0.2, 0.25) is 0 Å². The normalized spacial score (nSPS) is 10.8. The van der Waals surface area contributed by atoms with E-state index in [2.05, 4.69) is 16.1 Å². The maximum absolute atomic E-state index is 12.6. The molecule has 2 N–H and O–H groups in total. The number of nitrogens with zero attached hydrogens (tertiary/aromatic N) is 1. The summed E-state index contributed by atoms with van der Waals surface area (Å²) >= 11 is 0. The van der Waals surface area contributed by atoms with Gasteiger partial charge in [0.15, 0.2) is 0 Å². The number of sulfonamides is 1.